The zero-order valence-electron chi connectivity index (χ0n) is 12.9. The van der Waals surface area contributed by atoms with Crippen molar-refractivity contribution in [2.75, 3.05) is 12.3 Å². The fourth-order valence-electron chi connectivity index (χ4n) is 3.47. The van der Waals surface area contributed by atoms with Crippen molar-refractivity contribution in [3.05, 3.63) is 40.7 Å². The van der Waals surface area contributed by atoms with Crippen LogP contribution in [0.4, 0.5) is 5.69 Å². The Morgan fingerprint density at radius 1 is 1.43 bits per heavy atom. The predicted octanol–water partition coefficient (Wildman–Crippen LogP) is 1.35. The number of H-pyrrole nitrogens is 1. The lowest BCUT2D eigenvalue weighted by atomic mass is 9.95. The van der Waals surface area contributed by atoms with Crippen LogP contribution in [-0.4, -0.2) is 22.7 Å². The zero-order chi connectivity index (χ0) is 15.8. The van der Waals surface area contributed by atoms with Crippen LogP contribution in [0.1, 0.15) is 28.9 Å². The molecule has 1 amide bonds. The molecule has 0 bridgehead atoms. The average molecular weight is 312 g/mol. The molecule has 2 aromatic rings. The highest BCUT2D eigenvalue weighted by atomic mass is 16.5. The van der Waals surface area contributed by atoms with Gasteiger partial charge in [0.15, 0.2) is 0 Å². The molecule has 1 aliphatic heterocycles. The van der Waals surface area contributed by atoms with E-state index in [1.54, 1.807) is 0 Å². The number of anilines is 1. The maximum Gasteiger partial charge on any atom is 0.227 e. The molecule has 23 heavy (non-hydrogen) atoms. The van der Waals surface area contributed by atoms with Crippen LogP contribution >= 0.6 is 0 Å². The van der Waals surface area contributed by atoms with Gasteiger partial charge >= 0.3 is 0 Å². The van der Waals surface area contributed by atoms with Gasteiger partial charge in [0.2, 0.25) is 5.91 Å². The lowest BCUT2D eigenvalue weighted by Gasteiger charge is -2.25. The molecule has 2 heterocycles. The van der Waals surface area contributed by atoms with E-state index in [0.29, 0.717) is 25.3 Å². The molecule has 1 unspecified atom stereocenters. The minimum absolute atomic E-state index is 0.00724. The highest BCUT2D eigenvalue weighted by Gasteiger charge is 2.27. The number of ether oxygens (including phenoxy) is 1. The van der Waals surface area contributed by atoms with E-state index in [1.165, 1.54) is 17.7 Å². The monoisotopic (exact) mass is 312 g/mol. The SMILES string of the molecule is Nc1cccc2c1OCC(C(=O)NCc1n[nH]c3c1CCC3)C2. The van der Waals surface area contributed by atoms with E-state index in [4.69, 9.17) is 10.5 Å². The standard InChI is InChI=1S/C17H20N4O2/c18-13-5-1-3-10-7-11(9-23-16(10)13)17(22)19-8-15-12-4-2-6-14(12)20-21-15/h1,3,5,11H,2,4,6-9,18H2,(H,19,22)(H,20,21). The average Bonchev–Trinajstić information content (AvgIpc) is 3.16. The maximum atomic E-state index is 12.4. The van der Waals surface area contributed by atoms with Crippen LogP contribution in [0.5, 0.6) is 5.75 Å². The van der Waals surface area contributed by atoms with Gasteiger partial charge in [0.1, 0.15) is 12.4 Å². The minimum Gasteiger partial charge on any atom is -0.490 e. The minimum atomic E-state index is -0.184. The molecular formula is C17H20N4O2. The summed E-state index contributed by atoms with van der Waals surface area (Å²) in [7, 11) is 0. The summed E-state index contributed by atoms with van der Waals surface area (Å²) in [6.45, 7) is 0.844. The van der Waals surface area contributed by atoms with Crippen LogP contribution in [0.15, 0.2) is 18.2 Å². The largest absolute Gasteiger partial charge is 0.490 e. The number of nitrogens with two attached hydrogens (primary N) is 1. The number of para-hydroxylation sites is 1. The van der Waals surface area contributed by atoms with E-state index in [9.17, 15) is 4.79 Å². The number of hydrogen-bond donors (Lipinski definition) is 3. The molecule has 0 saturated carbocycles. The molecule has 1 aliphatic carbocycles. The van der Waals surface area contributed by atoms with Gasteiger partial charge in [-0.3, -0.25) is 9.89 Å². The number of aromatic nitrogens is 2. The third-order valence-electron chi connectivity index (χ3n) is 4.72. The summed E-state index contributed by atoms with van der Waals surface area (Å²) < 4.78 is 5.69. The second kappa shape index (κ2) is 5.61. The number of amides is 1. The molecule has 0 saturated heterocycles. The molecule has 4 rings (SSSR count). The van der Waals surface area contributed by atoms with Crippen molar-refractivity contribution >= 4 is 11.6 Å². The second-order valence-corrected chi connectivity index (χ2v) is 6.25. The van der Waals surface area contributed by atoms with E-state index in [0.717, 1.165) is 29.8 Å². The molecule has 120 valence electrons. The zero-order valence-corrected chi connectivity index (χ0v) is 12.9. The van der Waals surface area contributed by atoms with E-state index < -0.39 is 0 Å². The first kappa shape index (κ1) is 14.1. The Morgan fingerprint density at radius 3 is 3.26 bits per heavy atom. The fourth-order valence-corrected chi connectivity index (χ4v) is 3.47. The number of carbonyl (C=O) groups is 1. The number of nitrogen functional groups attached to an aromatic ring is 1. The van der Waals surface area contributed by atoms with Crippen molar-refractivity contribution < 1.29 is 9.53 Å². The van der Waals surface area contributed by atoms with Crippen molar-refractivity contribution in [1.82, 2.24) is 15.5 Å². The lowest BCUT2D eigenvalue weighted by Crippen LogP contribution is -2.37. The Balaban J connectivity index is 1.40. The van der Waals surface area contributed by atoms with Gasteiger partial charge in [0.05, 0.1) is 23.8 Å². The Morgan fingerprint density at radius 2 is 2.35 bits per heavy atom. The molecule has 1 aromatic heterocycles. The van der Waals surface area contributed by atoms with Crippen LogP contribution in [0, 0.1) is 5.92 Å². The number of aryl methyl sites for hydroxylation is 1. The Kier molecular flexibility index (Phi) is 3.44. The van der Waals surface area contributed by atoms with E-state index in [-0.39, 0.29) is 11.8 Å². The number of nitrogens with one attached hydrogen (secondary N) is 2. The number of aromatic amines is 1. The molecule has 1 atom stereocenters. The first-order chi connectivity index (χ1) is 11.2. The summed E-state index contributed by atoms with van der Waals surface area (Å²) in [6, 6.07) is 5.67. The van der Waals surface area contributed by atoms with E-state index >= 15 is 0 Å². The van der Waals surface area contributed by atoms with Gasteiger partial charge in [-0.25, -0.2) is 0 Å². The molecule has 0 spiro atoms. The molecule has 6 heteroatoms. The highest BCUT2D eigenvalue weighted by Crippen LogP contribution is 2.32. The Hall–Kier alpha value is -2.50. The second-order valence-electron chi connectivity index (χ2n) is 6.25. The molecule has 1 aromatic carbocycles. The van der Waals surface area contributed by atoms with Crippen LogP contribution < -0.4 is 15.8 Å². The summed E-state index contributed by atoms with van der Waals surface area (Å²) >= 11 is 0. The quantitative estimate of drug-likeness (QED) is 0.746. The number of carbonyl (C=O) groups excluding carboxylic acids is 1. The number of rotatable bonds is 3. The van der Waals surface area contributed by atoms with Gasteiger partial charge < -0.3 is 15.8 Å². The van der Waals surface area contributed by atoms with Gasteiger partial charge in [-0.1, -0.05) is 12.1 Å². The topological polar surface area (TPSA) is 93.0 Å². The van der Waals surface area contributed by atoms with Gasteiger partial charge in [0, 0.05) is 5.69 Å². The van der Waals surface area contributed by atoms with E-state index in [2.05, 4.69) is 15.5 Å². The summed E-state index contributed by atoms with van der Waals surface area (Å²) in [6.07, 6.45) is 3.94. The highest BCUT2D eigenvalue weighted by molar-refractivity contribution is 5.80. The van der Waals surface area contributed by atoms with Crippen molar-refractivity contribution in [3.8, 4) is 5.75 Å². The van der Waals surface area contributed by atoms with Gasteiger partial charge in [0.25, 0.3) is 0 Å². The third-order valence-corrected chi connectivity index (χ3v) is 4.72. The first-order valence-electron chi connectivity index (χ1n) is 8.05. The molecule has 0 fully saturated rings. The number of fused-ring (bicyclic) bond motifs is 2. The van der Waals surface area contributed by atoms with Crippen LogP contribution in [-0.2, 0) is 30.6 Å². The molecule has 2 aliphatic rings. The molecule has 0 radical (unpaired) electrons. The predicted molar refractivity (Wildman–Crippen MR) is 86.0 cm³/mol. The van der Waals surface area contributed by atoms with Crippen LogP contribution in [0.3, 0.4) is 0 Å². The molecule has 6 nitrogen and oxygen atoms in total. The fraction of sp³-hybridized carbons (Fsp3) is 0.412. The normalized spacial score (nSPS) is 18.9. The van der Waals surface area contributed by atoms with Gasteiger partial charge in [-0.15, -0.1) is 0 Å². The van der Waals surface area contributed by atoms with Crippen LogP contribution in [0.25, 0.3) is 0 Å². The molecule has 4 N–H and O–H groups in total. The number of hydrogen-bond acceptors (Lipinski definition) is 4. The summed E-state index contributed by atoms with van der Waals surface area (Å²) in [5.74, 6) is 0.547. The van der Waals surface area contributed by atoms with Gasteiger partial charge in [-0.2, -0.15) is 5.10 Å². The lowest BCUT2D eigenvalue weighted by molar-refractivity contribution is -0.126. The Bertz CT molecular complexity index is 753. The van der Waals surface area contributed by atoms with Crippen molar-refractivity contribution in [1.29, 1.82) is 0 Å². The van der Waals surface area contributed by atoms with Crippen LogP contribution in [0.2, 0.25) is 0 Å². The van der Waals surface area contributed by atoms with Crippen molar-refractivity contribution in [2.24, 2.45) is 5.92 Å². The Labute approximate surface area is 134 Å². The number of nitrogens with zero attached hydrogens (tertiary/aromatic N) is 1. The van der Waals surface area contributed by atoms with Crippen molar-refractivity contribution in [3.63, 3.8) is 0 Å². The molecular weight excluding hydrogens is 292 g/mol. The van der Waals surface area contributed by atoms with E-state index in [1.807, 2.05) is 18.2 Å². The van der Waals surface area contributed by atoms with Crippen molar-refractivity contribution in [2.45, 2.75) is 32.2 Å². The van der Waals surface area contributed by atoms with Gasteiger partial charge in [-0.05, 0) is 42.9 Å². The number of benzene rings is 1. The third kappa shape index (κ3) is 2.54. The summed E-state index contributed by atoms with van der Waals surface area (Å²) in [4.78, 5) is 12.4. The first-order valence-corrected chi connectivity index (χ1v) is 8.05. The maximum absolute atomic E-state index is 12.4. The summed E-state index contributed by atoms with van der Waals surface area (Å²) in [5.41, 5.74) is 11.0. The smallest absolute Gasteiger partial charge is 0.227 e. The summed E-state index contributed by atoms with van der Waals surface area (Å²) in [5, 5.41) is 10.4.